The van der Waals surface area contributed by atoms with E-state index in [4.69, 9.17) is 4.74 Å². The number of likely N-dealkylation sites (tertiary alicyclic amines) is 1. The molecule has 0 aromatic carbocycles. The summed E-state index contributed by atoms with van der Waals surface area (Å²) in [5, 5.41) is 3.77. The molecule has 0 saturated carbocycles. The molecule has 2 saturated heterocycles. The van der Waals surface area contributed by atoms with Crippen LogP contribution >= 0.6 is 0 Å². The largest absolute Gasteiger partial charge is 0.381 e. The third kappa shape index (κ3) is 4.44. The summed E-state index contributed by atoms with van der Waals surface area (Å²) in [6, 6.07) is 0.628. The maximum Gasteiger partial charge on any atom is 0.0510 e. The molecule has 0 radical (unpaired) electrons. The summed E-state index contributed by atoms with van der Waals surface area (Å²) in [6.07, 6.45) is 6.52. The van der Waals surface area contributed by atoms with Gasteiger partial charge >= 0.3 is 0 Å². The van der Waals surface area contributed by atoms with Crippen LogP contribution in [0.25, 0.3) is 0 Å². The van der Waals surface area contributed by atoms with E-state index < -0.39 is 0 Å². The molecule has 118 valence electrons. The van der Waals surface area contributed by atoms with Crippen LogP contribution in [0.2, 0.25) is 0 Å². The Morgan fingerprint density at radius 3 is 2.60 bits per heavy atom. The minimum Gasteiger partial charge on any atom is -0.381 e. The SMILES string of the molecule is CCCNC(CN1CCC(C)(CC)CC1)C1CCOC1. The Balaban J connectivity index is 1.81. The van der Waals surface area contributed by atoms with Crippen LogP contribution in [0.5, 0.6) is 0 Å². The molecule has 0 aromatic rings. The van der Waals surface area contributed by atoms with Crippen LogP contribution in [0.3, 0.4) is 0 Å². The van der Waals surface area contributed by atoms with E-state index >= 15 is 0 Å². The number of piperidine rings is 1. The molecule has 2 aliphatic heterocycles. The first-order chi connectivity index (χ1) is 9.67. The molecule has 2 heterocycles. The fourth-order valence-corrected chi connectivity index (χ4v) is 3.49. The van der Waals surface area contributed by atoms with Gasteiger partial charge in [-0.15, -0.1) is 0 Å². The number of hydrogen-bond acceptors (Lipinski definition) is 3. The summed E-state index contributed by atoms with van der Waals surface area (Å²) in [4.78, 5) is 2.68. The van der Waals surface area contributed by atoms with Gasteiger partial charge in [0.05, 0.1) is 6.61 Å². The highest BCUT2D eigenvalue weighted by Gasteiger charge is 2.31. The minimum atomic E-state index is 0.597. The van der Waals surface area contributed by atoms with Crippen molar-refractivity contribution >= 4 is 0 Å². The number of ether oxygens (including phenoxy) is 1. The van der Waals surface area contributed by atoms with E-state index in [1.54, 1.807) is 0 Å². The lowest BCUT2D eigenvalue weighted by Gasteiger charge is -2.41. The molecule has 0 amide bonds. The lowest BCUT2D eigenvalue weighted by Crippen LogP contribution is -2.49. The smallest absolute Gasteiger partial charge is 0.0510 e. The average molecular weight is 282 g/mol. The van der Waals surface area contributed by atoms with Crippen LogP contribution in [0, 0.1) is 11.3 Å². The molecular formula is C17H34N2O. The predicted molar refractivity (Wildman–Crippen MR) is 85.1 cm³/mol. The van der Waals surface area contributed by atoms with Gasteiger partial charge in [0.25, 0.3) is 0 Å². The first-order valence-corrected chi connectivity index (χ1v) is 8.70. The molecule has 0 aromatic heterocycles. The van der Waals surface area contributed by atoms with Gasteiger partial charge in [0.15, 0.2) is 0 Å². The fraction of sp³-hybridized carbons (Fsp3) is 1.00. The summed E-state index contributed by atoms with van der Waals surface area (Å²) in [5.74, 6) is 0.723. The molecule has 0 spiro atoms. The zero-order valence-corrected chi connectivity index (χ0v) is 13.8. The molecule has 2 atom stereocenters. The normalized spacial score (nSPS) is 28.6. The molecule has 0 aliphatic carbocycles. The van der Waals surface area contributed by atoms with Crippen molar-refractivity contribution in [2.75, 3.05) is 39.4 Å². The predicted octanol–water partition coefficient (Wildman–Crippen LogP) is 2.90. The molecule has 20 heavy (non-hydrogen) atoms. The second-order valence-corrected chi connectivity index (χ2v) is 7.15. The molecule has 2 rings (SSSR count). The van der Waals surface area contributed by atoms with Crippen LogP contribution in [-0.2, 0) is 4.74 Å². The lowest BCUT2D eigenvalue weighted by atomic mass is 9.78. The summed E-state index contributed by atoms with van der Waals surface area (Å²) in [5.41, 5.74) is 0.597. The van der Waals surface area contributed by atoms with Crippen molar-refractivity contribution in [2.24, 2.45) is 11.3 Å². The summed E-state index contributed by atoms with van der Waals surface area (Å²) in [7, 11) is 0. The minimum absolute atomic E-state index is 0.597. The van der Waals surface area contributed by atoms with E-state index in [2.05, 4.69) is 31.0 Å². The number of nitrogens with one attached hydrogen (secondary N) is 1. The summed E-state index contributed by atoms with van der Waals surface area (Å²) < 4.78 is 5.60. The standard InChI is InChI=1S/C17H34N2O/c1-4-9-18-16(15-6-12-20-14-15)13-19-10-7-17(3,5-2)8-11-19/h15-16,18H,4-14H2,1-3H3. The van der Waals surface area contributed by atoms with E-state index in [0.29, 0.717) is 11.5 Å². The average Bonchev–Trinajstić information content (AvgIpc) is 3.00. The maximum absolute atomic E-state index is 5.60. The van der Waals surface area contributed by atoms with Gasteiger partial charge in [-0.1, -0.05) is 27.2 Å². The first kappa shape index (κ1) is 16.3. The topological polar surface area (TPSA) is 24.5 Å². The number of nitrogens with zero attached hydrogens (tertiary/aromatic N) is 1. The van der Waals surface area contributed by atoms with Gasteiger partial charge in [-0.05, 0) is 50.7 Å². The zero-order valence-electron chi connectivity index (χ0n) is 13.8. The Morgan fingerprint density at radius 2 is 2.05 bits per heavy atom. The van der Waals surface area contributed by atoms with E-state index in [9.17, 15) is 0 Å². The summed E-state index contributed by atoms with van der Waals surface area (Å²) >= 11 is 0. The van der Waals surface area contributed by atoms with Crippen molar-refractivity contribution < 1.29 is 4.74 Å². The van der Waals surface area contributed by atoms with E-state index in [1.807, 2.05) is 0 Å². The third-order valence-corrected chi connectivity index (χ3v) is 5.56. The van der Waals surface area contributed by atoms with Gasteiger partial charge in [0.2, 0.25) is 0 Å². The fourth-order valence-electron chi connectivity index (χ4n) is 3.49. The Morgan fingerprint density at radius 1 is 1.30 bits per heavy atom. The molecule has 2 unspecified atom stereocenters. The Labute approximate surface area is 125 Å². The van der Waals surface area contributed by atoms with Gasteiger partial charge < -0.3 is 15.0 Å². The first-order valence-electron chi connectivity index (χ1n) is 8.70. The van der Waals surface area contributed by atoms with Crippen LogP contribution < -0.4 is 5.32 Å². The molecular weight excluding hydrogens is 248 g/mol. The van der Waals surface area contributed by atoms with Crippen LogP contribution in [0.15, 0.2) is 0 Å². The highest BCUT2D eigenvalue weighted by atomic mass is 16.5. The van der Waals surface area contributed by atoms with Gasteiger partial charge in [-0.25, -0.2) is 0 Å². The monoisotopic (exact) mass is 282 g/mol. The third-order valence-electron chi connectivity index (χ3n) is 5.56. The molecule has 0 bridgehead atoms. The Bertz CT molecular complexity index is 268. The van der Waals surface area contributed by atoms with Crippen molar-refractivity contribution in [1.29, 1.82) is 0 Å². The van der Waals surface area contributed by atoms with Crippen LogP contribution in [0.1, 0.15) is 52.9 Å². The Hall–Kier alpha value is -0.120. The van der Waals surface area contributed by atoms with E-state index in [-0.39, 0.29) is 0 Å². The van der Waals surface area contributed by atoms with Gasteiger partial charge in [0, 0.05) is 25.1 Å². The number of rotatable bonds is 7. The lowest BCUT2D eigenvalue weighted by molar-refractivity contribution is 0.0949. The second-order valence-electron chi connectivity index (χ2n) is 7.15. The van der Waals surface area contributed by atoms with Gasteiger partial charge in [-0.3, -0.25) is 0 Å². The molecule has 2 fully saturated rings. The summed E-state index contributed by atoms with van der Waals surface area (Å²) in [6.45, 7) is 13.9. The van der Waals surface area contributed by atoms with Gasteiger partial charge in [-0.2, -0.15) is 0 Å². The molecule has 3 heteroatoms. The quantitative estimate of drug-likeness (QED) is 0.777. The van der Waals surface area contributed by atoms with Crippen molar-refractivity contribution in [2.45, 2.75) is 58.9 Å². The van der Waals surface area contributed by atoms with Crippen molar-refractivity contribution in [3.63, 3.8) is 0 Å². The maximum atomic E-state index is 5.60. The molecule has 2 aliphatic rings. The molecule has 3 nitrogen and oxygen atoms in total. The zero-order chi connectivity index (χ0) is 14.4. The molecule has 1 N–H and O–H groups in total. The van der Waals surface area contributed by atoms with Gasteiger partial charge in [0.1, 0.15) is 0 Å². The number of hydrogen-bond donors (Lipinski definition) is 1. The van der Waals surface area contributed by atoms with Crippen molar-refractivity contribution in [3.05, 3.63) is 0 Å². The van der Waals surface area contributed by atoms with E-state index in [1.165, 1.54) is 51.7 Å². The van der Waals surface area contributed by atoms with Crippen molar-refractivity contribution in [3.8, 4) is 0 Å². The highest BCUT2D eigenvalue weighted by Crippen LogP contribution is 2.34. The Kier molecular flexibility index (Phi) is 6.31. The van der Waals surface area contributed by atoms with Crippen LogP contribution in [0.4, 0.5) is 0 Å². The van der Waals surface area contributed by atoms with Crippen molar-refractivity contribution in [1.82, 2.24) is 10.2 Å². The van der Waals surface area contributed by atoms with E-state index in [0.717, 1.165) is 25.7 Å². The van der Waals surface area contributed by atoms with Crippen LogP contribution in [-0.4, -0.2) is 50.3 Å². The second kappa shape index (κ2) is 7.77. The highest BCUT2D eigenvalue weighted by molar-refractivity contribution is 4.86.